The van der Waals surface area contributed by atoms with Gasteiger partial charge in [0.15, 0.2) is 0 Å². The Kier molecular flexibility index (Phi) is 2.30. The van der Waals surface area contributed by atoms with E-state index >= 15 is 0 Å². The first-order chi connectivity index (χ1) is 10.8. The topological polar surface area (TPSA) is 35.5 Å². The van der Waals surface area contributed by atoms with Crippen molar-refractivity contribution in [3.05, 3.63) is 71.8 Å². The fourth-order valence-corrected chi connectivity index (χ4v) is 6.04. The van der Waals surface area contributed by atoms with E-state index in [1.807, 2.05) is 42.5 Å². The Labute approximate surface area is 129 Å². The molecule has 0 saturated carbocycles. The van der Waals surface area contributed by atoms with Crippen LogP contribution in [0.5, 0.6) is 0 Å². The molecule has 0 fully saturated rings. The summed E-state index contributed by atoms with van der Waals surface area (Å²) < 4.78 is 12.0. The lowest BCUT2D eigenvalue weighted by Crippen LogP contribution is -2.12. The molecule has 2 aliphatic rings. The van der Waals surface area contributed by atoms with Gasteiger partial charge in [0, 0.05) is 5.39 Å². The van der Waals surface area contributed by atoms with Crippen molar-refractivity contribution >= 4 is 27.3 Å². The van der Waals surface area contributed by atoms with Crippen LogP contribution in [0.2, 0.25) is 0 Å². The van der Waals surface area contributed by atoms with Crippen molar-refractivity contribution < 1.29 is 13.2 Å². The minimum atomic E-state index is -2.19. The lowest BCUT2D eigenvalue weighted by molar-refractivity contribution is 0.0749. The molecule has 3 aromatic rings. The third kappa shape index (κ3) is 1.39. The van der Waals surface area contributed by atoms with Crippen molar-refractivity contribution in [3.8, 4) is 0 Å². The summed E-state index contributed by atoms with van der Waals surface area (Å²) in [6.07, 6.45) is 0. The Morgan fingerprint density at radius 2 is 1.64 bits per heavy atom. The monoisotopic (exact) mass is 308 g/mol. The van der Waals surface area contributed by atoms with Gasteiger partial charge < -0.3 is 4.18 Å². The lowest BCUT2D eigenvalue weighted by atomic mass is 10.1. The summed E-state index contributed by atoms with van der Waals surface area (Å²) in [5.74, 6) is -0.290. The molecule has 0 amide bonds. The molecule has 5 rings (SSSR count). The smallest absolute Gasteiger partial charge is 0.339 e. The van der Waals surface area contributed by atoms with E-state index in [9.17, 15) is 4.79 Å². The number of benzene rings is 3. The molecule has 22 heavy (non-hydrogen) atoms. The molecular formula is C18H12O3S. The maximum Gasteiger partial charge on any atom is 0.362 e. The fourth-order valence-electron chi connectivity index (χ4n) is 3.25. The number of carbonyl (C=O) groups excluding carboxylic acids is 1. The van der Waals surface area contributed by atoms with Crippen molar-refractivity contribution in [1.82, 2.24) is 0 Å². The highest BCUT2D eigenvalue weighted by Crippen LogP contribution is 2.72. The summed E-state index contributed by atoms with van der Waals surface area (Å²) in [7, 11) is -2.19. The minimum absolute atomic E-state index is 0.290. The fraction of sp³-hybridized carbons (Fsp3) is 0.0556. The number of fused-ring (bicyclic) bond motifs is 3. The normalized spacial score (nSPS) is 24.8. The second-order valence-electron chi connectivity index (χ2n) is 5.40. The lowest BCUT2D eigenvalue weighted by Gasteiger charge is -2.42. The van der Waals surface area contributed by atoms with Gasteiger partial charge in [0.2, 0.25) is 0 Å². The van der Waals surface area contributed by atoms with Crippen LogP contribution in [0.3, 0.4) is 0 Å². The molecule has 0 bridgehead atoms. The molecule has 2 aliphatic heterocycles. The van der Waals surface area contributed by atoms with Gasteiger partial charge in [0.1, 0.15) is 0 Å². The van der Waals surface area contributed by atoms with Crippen LogP contribution in [-0.2, 0) is 15.0 Å². The summed E-state index contributed by atoms with van der Waals surface area (Å²) in [5, 5.41) is 2.32. The van der Waals surface area contributed by atoms with Crippen LogP contribution >= 0.6 is 10.6 Å². The van der Waals surface area contributed by atoms with Crippen molar-refractivity contribution in [2.75, 3.05) is 0 Å². The van der Waals surface area contributed by atoms with Crippen LogP contribution in [-0.4, -0.2) is 5.97 Å². The van der Waals surface area contributed by atoms with Gasteiger partial charge in [-0.2, -0.15) is 0 Å². The Morgan fingerprint density at radius 1 is 0.864 bits per heavy atom. The van der Waals surface area contributed by atoms with Gasteiger partial charge >= 0.3 is 5.97 Å². The molecule has 108 valence electrons. The number of hydrogen-bond donors (Lipinski definition) is 0. The van der Waals surface area contributed by atoms with Gasteiger partial charge in [-0.05, 0) is 29.1 Å². The van der Waals surface area contributed by atoms with E-state index < -0.39 is 10.6 Å². The molecule has 0 aromatic heterocycles. The molecule has 0 N–H and O–H groups in total. The van der Waals surface area contributed by atoms with E-state index in [2.05, 4.69) is 18.2 Å². The first-order valence-electron chi connectivity index (χ1n) is 7.11. The van der Waals surface area contributed by atoms with Crippen molar-refractivity contribution in [2.45, 2.75) is 16.4 Å². The summed E-state index contributed by atoms with van der Waals surface area (Å²) >= 11 is 0. The van der Waals surface area contributed by atoms with Crippen molar-refractivity contribution in [2.24, 2.45) is 0 Å². The van der Waals surface area contributed by atoms with E-state index in [0.29, 0.717) is 12.2 Å². The molecule has 3 nitrogen and oxygen atoms in total. The first kappa shape index (κ1) is 12.3. The van der Waals surface area contributed by atoms with Gasteiger partial charge in [-0.25, -0.2) is 4.79 Å². The highest BCUT2D eigenvalue weighted by atomic mass is 32.3. The quantitative estimate of drug-likeness (QED) is 0.609. The molecule has 3 aromatic carbocycles. The Balaban J connectivity index is 1.90. The van der Waals surface area contributed by atoms with Crippen LogP contribution in [0.4, 0.5) is 0 Å². The first-order valence-corrected chi connectivity index (χ1v) is 8.59. The zero-order valence-corrected chi connectivity index (χ0v) is 12.4. The molecule has 1 spiro atoms. The van der Waals surface area contributed by atoms with E-state index in [0.717, 1.165) is 26.1 Å². The zero-order valence-electron chi connectivity index (χ0n) is 11.6. The second-order valence-corrected chi connectivity index (χ2v) is 7.69. The van der Waals surface area contributed by atoms with E-state index in [1.165, 1.54) is 0 Å². The summed E-state index contributed by atoms with van der Waals surface area (Å²) in [5.41, 5.74) is 1.76. The summed E-state index contributed by atoms with van der Waals surface area (Å²) in [6.45, 7) is 0.464. The van der Waals surface area contributed by atoms with Crippen LogP contribution in [0.1, 0.15) is 15.9 Å². The maximum atomic E-state index is 12.3. The van der Waals surface area contributed by atoms with E-state index in [-0.39, 0.29) is 5.97 Å². The van der Waals surface area contributed by atoms with Crippen LogP contribution < -0.4 is 0 Å². The maximum absolute atomic E-state index is 12.3. The average molecular weight is 308 g/mol. The average Bonchev–Trinajstić information content (AvgIpc) is 2.85. The highest BCUT2D eigenvalue weighted by molar-refractivity contribution is 8.26. The number of rotatable bonds is 0. The van der Waals surface area contributed by atoms with Crippen LogP contribution in [0, 0.1) is 0 Å². The third-order valence-electron chi connectivity index (χ3n) is 4.21. The second kappa shape index (κ2) is 4.12. The minimum Gasteiger partial charge on any atom is -0.339 e. The molecular weight excluding hydrogens is 296 g/mol. The van der Waals surface area contributed by atoms with Gasteiger partial charge in [0.05, 0.1) is 22.0 Å². The molecule has 0 aliphatic carbocycles. The predicted octanol–water partition coefficient (Wildman–Crippen LogP) is 4.59. The van der Waals surface area contributed by atoms with Gasteiger partial charge in [-0.3, -0.25) is 4.18 Å². The van der Waals surface area contributed by atoms with E-state index in [1.54, 1.807) is 0 Å². The largest absolute Gasteiger partial charge is 0.362 e. The Morgan fingerprint density at radius 3 is 2.55 bits per heavy atom. The van der Waals surface area contributed by atoms with Crippen molar-refractivity contribution in [3.63, 3.8) is 0 Å². The molecule has 2 heterocycles. The molecule has 1 atom stereocenters. The Bertz CT molecular complexity index is 945. The predicted molar refractivity (Wildman–Crippen MR) is 84.7 cm³/mol. The summed E-state index contributed by atoms with van der Waals surface area (Å²) in [6, 6.07) is 19.8. The Hall–Kier alpha value is -2.30. The summed E-state index contributed by atoms with van der Waals surface area (Å²) in [4.78, 5) is 14.2. The van der Waals surface area contributed by atoms with Crippen LogP contribution in [0.25, 0.3) is 10.8 Å². The van der Waals surface area contributed by atoms with E-state index in [4.69, 9.17) is 8.37 Å². The van der Waals surface area contributed by atoms with Gasteiger partial charge in [-0.15, -0.1) is 0 Å². The molecule has 4 heteroatoms. The highest BCUT2D eigenvalue weighted by Gasteiger charge is 2.43. The molecule has 0 radical (unpaired) electrons. The SMILES string of the molecule is O=C1OS2(OCc3cccc4cccc2c34)c2ccccc21. The zero-order chi connectivity index (χ0) is 14.7. The van der Waals surface area contributed by atoms with Crippen LogP contribution in [0.15, 0.2) is 70.5 Å². The van der Waals surface area contributed by atoms with Crippen molar-refractivity contribution in [1.29, 1.82) is 0 Å². The standard InChI is InChI=1S/C18H12O3S/c19-18-14-8-1-2-9-15(14)22(21-18)16-10-4-6-12-5-3-7-13(11-20-22)17(12)16/h1-10H,11H2. The molecule has 1 unspecified atom stereocenters. The van der Waals surface area contributed by atoms with Gasteiger partial charge in [0.25, 0.3) is 0 Å². The number of hydrogen-bond acceptors (Lipinski definition) is 3. The third-order valence-corrected chi connectivity index (χ3v) is 6.90. The van der Waals surface area contributed by atoms with Gasteiger partial charge in [-0.1, -0.05) is 53.1 Å². The molecule has 0 saturated heterocycles. The number of carbonyl (C=O) groups is 1.